The Morgan fingerprint density at radius 3 is 3.00 bits per heavy atom. The normalized spacial score (nSPS) is 19.6. The maximum absolute atomic E-state index is 11.1. The molecule has 2 aromatic rings. The second kappa shape index (κ2) is 6.03. The number of benzene rings is 1. The molecule has 1 atom stereocenters. The molecule has 4 heteroatoms. The fourth-order valence-electron chi connectivity index (χ4n) is 3.25. The van der Waals surface area contributed by atoms with E-state index in [1.165, 1.54) is 24.0 Å². The van der Waals surface area contributed by atoms with E-state index in [4.69, 9.17) is 4.74 Å². The number of carbonyl (C=O) groups excluding carboxylic acids is 1. The van der Waals surface area contributed by atoms with E-state index in [1.807, 2.05) is 0 Å². The Balaban J connectivity index is 1.51. The lowest BCUT2D eigenvalue weighted by Gasteiger charge is -2.27. The molecule has 1 fully saturated rings. The van der Waals surface area contributed by atoms with E-state index < -0.39 is 0 Å². The van der Waals surface area contributed by atoms with Crippen LogP contribution in [0.2, 0.25) is 0 Å². The highest BCUT2D eigenvalue weighted by Gasteiger charge is 2.27. The monoisotopic (exact) mass is 308 g/mol. The number of hydrogen-bond donors (Lipinski definition) is 1. The molecule has 1 aliphatic heterocycles. The molecule has 2 heterocycles. The Hall–Kier alpha value is -2.36. The Morgan fingerprint density at radius 2 is 2.17 bits per heavy atom. The van der Waals surface area contributed by atoms with Crippen molar-refractivity contribution in [1.29, 1.82) is 0 Å². The number of carbonyl (C=O) groups is 1. The molecular weight excluding hydrogens is 288 g/mol. The van der Waals surface area contributed by atoms with Gasteiger partial charge in [0.1, 0.15) is 5.75 Å². The van der Waals surface area contributed by atoms with Crippen molar-refractivity contribution in [2.24, 2.45) is 0 Å². The van der Waals surface area contributed by atoms with E-state index in [-0.39, 0.29) is 0 Å². The molecule has 1 aliphatic carbocycles. The Bertz CT molecular complexity index is 725. The first-order valence-corrected chi connectivity index (χ1v) is 8.25. The smallest absolute Gasteiger partial charge is 0.152 e. The second-order valence-electron chi connectivity index (χ2n) is 6.37. The molecule has 1 aromatic carbocycles. The van der Waals surface area contributed by atoms with Gasteiger partial charge in [-0.05, 0) is 48.4 Å². The summed E-state index contributed by atoms with van der Waals surface area (Å²) in [5, 5.41) is 3.38. The van der Waals surface area contributed by atoms with E-state index in [9.17, 15) is 4.79 Å². The molecule has 0 radical (unpaired) electrons. The van der Waals surface area contributed by atoms with Crippen LogP contribution >= 0.6 is 0 Å². The minimum Gasteiger partial charge on any atom is -0.493 e. The third-order valence-electron chi connectivity index (χ3n) is 4.77. The number of aldehydes is 1. The summed E-state index contributed by atoms with van der Waals surface area (Å²) in [6.45, 7) is 1.53. The molecule has 0 amide bonds. The topological polar surface area (TPSA) is 51.2 Å². The molecule has 4 nitrogen and oxygen atoms in total. The fraction of sp³-hybridized carbons (Fsp3) is 0.368. The number of nitrogens with one attached hydrogen (secondary N) is 1. The number of hydrogen-bond acceptors (Lipinski definition) is 4. The van der Waals surface area contributed by atoms with Crippen LogP contribution < -0.4 is 10.1 Å². The summed E-state index contributed by atoms with van der Waals surface area (Å²) >= 11 is 0. The lowest BCUT2D eigenvalue weighted by Crippen LogP contribution is -2.21. The van der Waals surface area contributed by atoms with Gasteiger partial charge in [-0.25, -0.2) is 0 Å². The zero-order valence-electron chi connectivity index (χ0n) is 13.0. The minimum atomic E-state index is 0.395. The van der Waals surface area contributed by atoms with Gasteiger partial charge in [-0.3, -0.25) is 9.78 Å². The van der Waals surface area contributed by atoms with E-state index >= 15 is 0 Å². The summed E-state index contributed by atoms with van der Waals surface area (Å²) in [4.78, 5) is 15.2. The van der Waals surface area contributed by atoms with Crippen molar-refractivity contribution >= 4 is 12.0 Å². The molecule has 2 aliphatic rings. The Morgan fingerprint density at radius 1 is 1.26 bits per heavy atom. The van der Waals surface area contributed by atoms with E-state index in [2.05, 4.69) is 28.5 Å². The summed E-state index contributed by atoms with van der Waals surface area (Å²) in [5.74, 6) is 2.17. The molecule has 0 unspecified atom stereocenters. The molecular formula is C19H20N2O2. The average molecular weight is 308 g/mol. The minimum absolute atomic E-state index is 0.395. The average Bonchev–Trinajstić information content (AvgIpc) is 3.44. The predicted octanol–water partition coefficient (Wildman–Crippen LogP) is 3.75. The fourth-order valence-corrected chi connectivity index (χ4v) is 3.25. The third-order valence-corrected chi connectivity index (χ3v) is 4.77. The number of anilines is 1. The van der Waals surface area contributed by atoms with Crippen molar-refractivity contribution in [2.75, 3.05) is 18.5 Å². The maximum atomic E-state index is 11.1. The van der Waals surface area contributed by atoms with E-state index in [0.29, 0.717) is 11.5 Å². The molecule has 0 saturated heterocycles. The Labute approximate surface area is 135 Å². The van der Waals surface area contributed by atoms with Gasteiger partial charge in [-0.1, -0.05) is 12.1 Å². The van der Waals surface area contributed by atoms with Crippen molar-refractivity contribution in [3.8, 4) is 5.75 Å². The number of aromatic nitrogens is 1. The van der Waals surface area contributed by atoms with Crippen LogP contribution in [0.25, 0.3) is 0 Å². The van der Waals surface area contributed by atoms with Crippen molar-refractivity contribution in [1.82, 2.24) is 4.98 Å². The zero-order valence-corrected chi connectivity index (χ0v) is 13.0. The van der Waals surface area contributed by atoms with Crippen molar-refractivity contribution < 1.29 is 9.53 Å². The van der Waals surface area contributed by atoms with Crippen LogP contribution in [0.5, 0.6) is 5.75 Å². The molecule has 0 spiro atoms. The third kappa shape index (κ3) is 2.93. The number of nitrogens with zero attached hydrogens (tertiary/aromatic N) is 1. The van der Waals surface area contributed by atoms with Crippen LogP contribution in [0.15, 0.2) is 36.7 Å². The standard InChI is InChI=1S/C19H20N2O2/c22-12-16-5-7-20-11-18(16)21-10-15-6-8-23-19-9-14(13-1-2-13)3-4-17(15)19/h3-5,7,9,11-13,15,21H,1-2,6,8,10H2/t15-/m1/s1. The molecule has 0 bridgehead atoms. The van der Waals surface area contributed by atoms with Gasteiger partial charge in [0.15, 0.2) is 6.29 Å². The summed E-state index contributed by atoms with van der Waals surface area (Å²) in [5.41, 5.74) is 4.12. The van der Waals surface area contributed by atoms with Crippen molar-refractivity contribution in [2.45, 2.75) is 31.1 Å². The highest BCUT2D eigenvalue weighted by Crippen LogP contribution is 2.43. The SMILES string of the molecule is O=Cc1ccncc1NC[C@H]1CCOc2cc(C3CC3)ccc21. The van der Waals surface area contributed by atoms with Crippen molar-refractivity contribution in [3.05, 3.63) is 53.3 Å². The van der Waals surface area contributed by atoms with Crippen LogP contribution in [0.1, 0.15) is 52.6 Å². The van der Waals surface area contributed by atoms with E-state index in [0.717, 1.165) is 43.2 Å². The number of fused-ring (bicyclic) bond motifs is 1. The van der Waals surface area contributed by atoms with Gasteiger partial charge >= 0.3 is 0 Å². The molecule has 1 saturated carbocycles. The lowest BCUT2D eigenvalue weighted by atomic mass is 9.91. The quantitative estimate of drug-likeness (QED) is 0.855. The van der Waals surface area contributed by atoms with Crippen LogP contribution in [0, 0.1) is 0 Å². The first-order valence-electron chi connectivity index (χ1n) is 8.25. The molecule has 4 rings (SSSR count). The first-order chi connectivity index (χ1) is 11.3. The van der Waals surface area contributed by atoms with E-state index in [1.54, 1.807) is 18.5 Å². The van der Waals surface area contributed by atoms with Crippen LogP contribution in [0.4, 0.5) is 5.69 Å². The highest BCUT2D eigenvalue weighted by molar-refractivity contribution is 5.83. The van der Waals surface area contributed by atoms with Gasteiger partial charge in [-0.15, -0.1) is 0 Å². The maximum Gasteiger partial charge on any atom is 0.152 e. The van der Waals surface area contributed by atoms with Gasteiger partial charge in [-0.2, -0.15) is 0 Å². The predicted molar refractivity (Wildman–Crippen MR) is 89.4 cm³/mol. The zero-order chi connectivity index (χ0) is 15.6. The van der Waals surface area contributed by atoms with Crippen LogP contribution in [-0.4, -0.2) is 24.4 Å². The van der Waals surface area contributed by atoms with Crippen molar-refractivity contribution in [3.63, 3.8) is 0 Å². The van der Waals surface area contributed by atoms with Gasteiger partial charge in [0.05, 0.1) is 18.5 Å². The molecule has 118 valence electrons. The molecule has 1 aromatic heterocycles. The molecule has 1 N–H and O–H groups in total. The first kappa shape index (κ1) is 14.2. The van der Waals surface area contributed by atoms with Gasteiger partial charge in [0.25, 0.3) is 0 Å². The summed E-state index contributed by atoms with van der Waals surface area (Å²) in [6.07, 6.45) is 7.81. The summed E-state index contributed by atoms with van der Waals surface area (Å²) < 4.78 is 5.87. The van der Waals surface area contributed by atoms with Gasteiger partial charge < -0.3 is 10.1 Å². The van der Waals surface area contributed by atoms with Gasteiger partial charge in [0, 0.05) is 24.2 Å². The summed E-state index contributed by atoms with van der Waals surface area (Å²) in [7, 11) is 0. The summed E-state index contributed by atoms with van der Waals surface area (Å²) in [6, 6.07) is 8.42. The van der Waals surface area contributed by atoms with Crippen LogP contribution in [-0.2, 0) is 0 Å². The Kier molecular flexibility index (Phi) is 3.74. The van der Waals surface area contributed by atoms with Crippen LogP contribution in [0.3, 0.4) is 0 Å². The number of ether oxygens (including phenoxy) is 1. The molecule has 23 heavy (non-hydrogen) atoms. The number of pyridine rings is 1. The highest BCUT2D eigenvalue weighted by atomic mass is 16.5. The van der Waals surface area contributed by atoms with Gasteiger partial charge in [0.2, 0.25) is 0 Å². The number of rotatable bonds is 5. The largest absolute Gasteiger partial charge is 0.493 e. The second-order valence-corrected chi connectivity index (χ2v) is 6.37. The lowest BCUT2D eigenvalue weighted by molar-refractivity contribution is 0.112.